The normalized spacial score (nSPS) is 22.9. The second kappa shape index (κ2) is 13.5. The lowest BCUT2D eigenvalue weighted by molar-refractivity contribution is -0.0399. The summed E-state index contributed by atoms with van der Waals surface area (Å²) in [6.45, 7) is 4.81. The SMILES string of the molecule is CC1(C)c2ccccc2-c2ccc(N(c3ccc(-c4ccccc4)cc3)c3cc(-c4ccccc4)c4c(c3)C3(c5cc(-c6ccccc6)ccc5-4)C4CC5CC(C4)CC3C5)cc21. The van der Waals surface area contributed by atoms with Crippen LogP contribution in [0.4, 0.5) is 17.1 Å². The van der Waals surface area contributed by atoms with Crippen molar-refractivity contribution >= 4 is 17.1 Å². The maximum atomic E-state index is 2.68. The van der Waals surface area contributed by atoms with Gasteiger partial charge in [0.2, 0.25) is 0 Å². The third kappa shape index (κ3) is 5.21. The lowest BCUT2D eigenvalue weighted by Crippen LogP contribution is -2.55. The fraction of sp³-hybridized carbons (Fsp3) is 0.213. The largest absolute Gasteiger partial charge is 0.310 e. The van der Waals surface area contributed by atoms with Crippen LogP contribution < -0.4 is 4.90 Å². The van der Waals surface area contributed by atoms with E-state index in [2.05, 4.69) is 207 Å². The zero-order valence-electron chi connectivity index (χ0n) is 35.7. The average molecular weight is 798 g/mol. The van der Waals surface area contributed by atoms with Gasteiger partial charge in [0.25, 0.3) is 0 Å². The van der Waals surface area contributed by atoms with Crippen LogP contribution in [-0.4, -0.2) is 0 Å². The highest BCUT2D eigenvalue weighted by molar-refractivity contribution is 5.98. The van der Waals surface area contributed by atoms with Gasteiger partial charge in [0.05, 0.1) is 0 Å². The topological polar surface area (TPSA) is 3.24 Å². The van der Waals surface area contributed by atoms with E-state index in [1.165, 1.54) is 116 Å². The first-order valence-corrected chi connectivity index (χ1v) is 23.1. The number of nitrogens with zero attached hydrogens (tertiary/aromatic N) is 1. The third-order valence-corrected chi connectivity index (χ3v) is 16.2. The molecule has 0 aromatic heterocycles. The first-order valence-electron chi connectivity index (χ1n) is 23.1. The van der Waals surface area contributed by atoms with Crippen LogP contribution in [0.25, 0.3) is 55.6 Å². The highest BCUT2D eigenvalue weighted by Crippen LogP contribution is 2.71. The van der Waals surface area contributed by atoms with Crippen LogP contribution in [0.15, 0.2) is 188 Å². The minimum absolute atomic E-state index is 0.0210. The minimum atomic E-state index is -0.111. The molecule has 0 heterocycles. The molecule has 6 aliphatic rings. The molecular formula is C61H51N. The summed E-state index contributed by atoms with van der Waals surface area (Å²) in [6, 6.07) is 71.6. The average Bonchev–Trinajstić information content (AvgIpc) is 3.73. The summed E-state index contributed by atoms with van der Waals surface area (Å²) < 4.78 is 0. The first kappa shape index (κ1) is 36.2. The number of hydrogen-bond donors (Lipinski definition) is 0. The Morgan fingerprint density at radius 1 is 0.355 bits per heavy atom. The van der Waals surface area contributed by atoms with E-state index in [1.54, 1.807) is 11.1 Å². The molecule has 4 bridgehead atoms. The van der Waals surface area contributed by atoms with E-state index in [1.807, 2.05) is 0 Å². The van der Waals surface area contributed by atoms with Crippen molar-refractivity contribution in [1.82, 2.24) is 0 Å². The van der Waals surface area contributed by atoms with E-state index in [0.717, 1.165) is 11.8 Å². The van der Waals surface area contributed by atoms with Crippen LogP contribution in [0.5, 0.6) is 0 Å². The zero-order chi connectivity index (χ0) is 41.2. The molecule has 4 fully saturated rings. The Hall–Kier alpha value is -6.44. The van der Waals surface area contributed by atoms with Gasteiger partial charge in [-0.25, -0.2) is 0 Å². The van der Waals surface area contributed by atoms with Gasteiger partial charge in [-0.3, -0.25) is 0 Å². The van der Waals surface area contributed by atoms with Crippen molar-refractivity contribution in [2.75, 3.05) is 4.90 Å². The number of anilines is 3. The van der Waals surface area contributed by atoms with Crippen molar-refractivity contribution in [3.63, 3.8) is 0 Å². The van der Waals surface area contributed by atoms with Gasteiger partial charge >= 0.3 is 0 Å². The Kier molecular flexibility index (Phi) is 7.91. The molecule has 0 N–H and O–H groups in total. The standard InChI is InChI=1S/C61H51N/c1-60(2)55-21-13-12-20-51(55)52-29-27-49(37-56(52)60)62(48-25-22-43(23-26-48)41-14-6-3-7-15-41)50-36-54(44-18-10-5-11-19-44)59-53-28-24-45(42-16-8-4-9-17-42)35-57(53)61(58(59)38-50)46-31-39-30-40(33-46)34-47(61)32-39/h3-29,35-40,46-47H,30-34H2,1-2H3. The Balaban J connectivity index is 1.08. The van der Waals surface area contributed by atoms with E-state index in [0.29, 0.717) is 11.8 Å². The van der Waals surface area contributed by atoms with E-state index in [-0.39, 0.29) is 10.8 Å². The fourth-order valence-electron chi connectivity index (χ4n) is 13.8. The van der Waals surface area contributed by atoms with Crippen molar-refractivity contribution < 1.29 is 0 Å². The lowest BCUT2D eigenvalue weighted by Gasteiger charge is -2.61. The third-order valence-electron chi connectivity index (χ3n) is 16.2. The van der Waals surface area contributed by atoms with Crippen LogP contribution in [0, 0.1) is 23.7 Å². The number of hydrogen-bond acceptors (Lipinski definition) is 1. The van der Waals surface area contributed by atoms with Gasteiger partial charge in [-0.1, -0.05) is 159 Å². The zero-order valence-corrected chi connectivity index (χ0v) is 35.7. The molecule has 1 nitrogen and oxygen atoms in total. The highest BCUT2D eigenvalue weighted by Gasteiger charge is 2.62. The van der Waals surface area contributed by atoms with Crippen molar-refractivity contribution in [1.29, 1.82) is 0 Å². The molecule has 0 radical (unpaired) electrons. The number of fused-ring (bicyclic) bond motifs is 6. The Morgan fingerprint density at radius 2 is 0.871 bits per heavy atom. The van der Waals surface area contributed by atoms with Gasteiger partial charge in [0.1, 0.15) is 0 Å². The van der Waals surface area contributed by atoms with E-state index < -0.39 is 0 Å². The molecule has 0 atom stereocenters. The molecule has 8 aromatic rings. The first-order chi connectivity index (χ1) is 30.4. The van der Waals surface area contributed by atoms with Crippen molar-refractivity contribution in [2.24, 2.45) is 23.7 Å². The molecule has 0 aliphatic heterocycles. The summed E-state index contributed by atoms with van der Waals surface area (Å²) in [4.78, 5) is 2.59. The van der Waals surface area contributed by atoms with Crippen LogP contribution in [0.2, 0.25) is 0 Å². The van der Waals surface area contributed by atoms with Gasteiger partial charge in [-0.05, 0) is 176 Å². The highest BCUT2D eigenvalue weighted by atomic mass is 15.1. The molecule has 0 saturated heterocycles. The predicted octanol–water partition coefficient (Wildman–Crippen LogP) is 16.2. The summed E-state index contributed by atoms with van der Waals surface area (Å²) >= 11 is 0. The molecule has 4 saturated carbocycles. The minimum Gasteiger partial charge on any atom is -0.310 e. The predicted molar refractivity (Wildman–Crippen MR) is 258 cm³/mol. The monoisotopic (exact) mass is 797 g/mol. The van der Waals surface area contributed by atoms with Crippen LogP contribution >= 0.6 is 0 Å². The summed E-state index contributed by atoms with van der Waals surface area (Å²) in [7, 11) is 0. The van der Waals surface area contributed by atoms with Crippen LogP contribution in [0.1, 0.15) is 68.2 Å². The fourth-order valence-corrected chi connectivity index (χ4v) is 13.8. The smallest absolute Gasteiger partial charge is 0.0471 e. The van der Waals surface area contributed by atoms with Crippen LogP contribution in [0.3, 0.4) is 0 Å². The molecular weight excluding hydrogens is 747 g/mol. The second-order valence-electron chi connectivity index (χ2n) is 19.7. The summed E-state index contributed by atoms with van der Waals surface area (Å²) in [5.41, 5.74) is 22.8. The molecule has 62 heavy (non-hydrogen) atoms. The Bertz CT molecular complexity index is 3000. The summed E-state index contributed by atoms with van der Waals surface area (Å²) in [5, 5.41) is 0. The van der Waals surface area contributed by atoms with Crippen molar-refractivity contribution in [3.8, 4) is 55.6 Å². The Morgan fingerprint density at radius 3 is 1.55 bits per heavy atom. The van der Waals surface area contributed by atoms with Crippen LogP contribution in [-0.2, 0) is 10.8 Å². The van der Waals surface area contributed by atoms with Gasteiger partial charge < -0.3 is 4.90 Å². The van der Waals surface area contributed by atoms with E-state index in [9.17, 15) is 0 Å². The second-order valence-corrected chi connectivity index (χ2v) is 19.7. The maximum Gasteiger partial charge on any atom is 0.0471 e. The molecule has 8 aromatic carbocycles. The summed E-state index contributed by atoms with van der Waals surface area (Å²) in [6.07, 6.45) is 6.82. The molecule has 14 rings (SSSR count). The molecule has 0 unspecified atom stereocenters. The lowest BCUT2D eigenvalue weighted by atomic mass is 9.43. The van der Waals surface area contributed by atoms with Gasteiger partial charge in [0, 0.05) is 27.9 Å². The molecule has 6 aliphatic carbocycles. The quantitative estimate of drug-likeness (QED) is 0.162. The number of benzene rings is 8. The molecule has 0 amide bonds. The molecule has 1 spiro atoms. The van der Waals surface area contributed by atoms with Gasteiger partial charge in [-0.2, -0.15) is 0 Å². The van der Waals surface area contributed by atoms with E-state index >= 15 is 0 Å². The molecule has 300 valence electrons. The van der Waals surface area contributed by atoms with Crippen molar-refractivity contribution in [2.45, 2.75) is 56.8 Å². The summed E-state index contributed by atoms with van der Waals surface area (Å²) in [5.74, 6) is 3.01. The van der Waals surface area contributed by atoms with E-state index in [4.69, 9.17) is 0 Å². The number of rotatable bonds is 6. The Labute approximate surface area is 366 Å². The maximum absolute atomic E-state index is 2.68. The van der Waals surface area contributed by atoms with Gasteiger partial charge in [0.15, 0.2) is 0 Å². The molecule has 1 heteroatoms. The van der Waals surface area contributed by atoms with Gasteiger partial charge in [-0.15, -0.1) is 0 Å². The van der Waals surface area contributed by atoms with Crippen molar-refractivity contribution in [3.05, 3.63) is 210 Å².